The lowest BCUT2D eigenvalue weighted by Crippen LogP contribution is -2.28. The molecule has 1 amide bonds. The number of nitrogens with zero attached hydrogens (tertiary/aromatic N) is 1. The summed E-state index contributed by atoms with van der Waals surface area (Å²) in [4.78, 5) is 22.8. The number of aromatic nitrogens is 1. The lowest BCUT2D eigenvalue weighted by atomic mass is 9.95. The minimum atomic E-state index is -0.126. The van der Waals surface area contributed by atoms with Gasteiger partial charge in [0, 0.05) is 18.9 Å². The van der Waals surface area contributed by atoms with E-state index in [1.165, 1.54) is 24.6 Å². The molecule has 0 radical (unpaired) electrons. The Labute approximate surface area is 101 Å². The summed E-state index contributed by atoms with van der Waals surface area (Å²) in [5.74, 6) is -0.151. The summed E-state index contributed by atoms with van der Waals surface area (Å²) in [6.07, 6.45) is 6.24. The number of carbonyl (C=O) groups excluding carboxylic acids is 2. The van der Waals surface area contributed by atoms with Crippen LogP contribution in [-0.2, 0) is 24.7 Å². The quantitative estimate of drug-likeness (QED) is 0.855. The van der Waals surface area contributed by atoms with Gasteiger partial charge in [0.2, 0.25) is 0 Å². The topological polar surface area (TPSA) is 51.1 Å². The second kappa shape index (κ2) is 4.73. The first-order chi connectivity index (χ1) is 8.09. The Balaban J connectivity index is 2.20. The van der Waals surface area contributed by atoms with Crippen molar-refractivity contribution in [2.24, 2.45) is 7.05 Å². The van der Waals surface area contributed by atoms with Crippen LogP contribution in [0.1, 0.15) is 41.4 Å². The number of amides is 1. The fourth-order valence-electron chi connectivity index (χ4n) is 2.41. The third-order valence-electron chi connectivity index (χ3n) is 3.25. The van der Waals surface area contributed by atoms with E-state index in [1.54, 1.807) is 0 Å². The van der Waals surface area contributed by atoms with Crippen LogP contribution < -0.4 is 5.32 Å². The van der Waals surface area contributed by atoms with Gasteiger partial charge in [0.25, 0.3) is 5.91 Å². The van der Waals surface area contributed by atoms with Gasteiger partial charge in [0.1, 0.15) is 5.78 Å². The van der Waals surface area contributed by atoms with Gasteiger partial charge in [-0.3, -0.25) is 9.59 Å². The lowest BCUT2D eigenvalue weighted by Gasteiger charge is -2.14. The molecule has 1 aliphatic rings. The minimum absolute atomic E-state index is 0.0249. The molecule has 0 unspecified atom stereocenters. The van der Waals surface area contributed by atoms with E-state index in [2.05, 4.69) is 5.32 Å². The van der Waals surface area contributed by atoms with Gasteiger partial charge in [0.15, 0.2) is 0 Å². The molecule has 0 spiro atoms. The van der Waals surface area contributed by atoms with Crippen LogP contribution in [0.4, 0.5) is 0 Å². The van der Waals surface area contributed by atoms with Crippen LogP contribution in [0.25, 0.3) is 0 Å². The van der Waals surface area contributed by atoms with Gasteiger partial charge >= 0.3 is 0 Å². The van der Waals surface area contributed by atoms with E-state index in [1.807, 2.05) is 17.8 Å². The summed E-state index contributed by atoms with van der Waals surface area (Å²) >= 11 is 0. The SMILES string of the molecule is CC(=O)CNC(=O)c1cn(C)c2c1CCCC2. The van der Waals surface area contributed by atoms with E-state index >= 15 is 0 Å². The first kappa shape index (κ1) is 11.9. The Morgan fingerprint density at radius 3 is 2.76 bits per heavy atom. The maximum atomic E-state index is 12.0. The van der Waals surface area contributed by atoms with Crippen molar-refractivity contribution >= 4 is 11.7 Å². The fourth-order valence-corrected chi connectivity index (χ4v) is 2.41. The molecule has 1 aromatic heterocycles. The maximum Gasteiger partial charge on any atom is 0.253 e. The zero-order valence-electron chi connectivity index (χ0n) is 10.4. The number of carbonyl (C=O) groups is 2. The normalized spacial score (nSPS) is 14.2. The van der Waals surface area contributed by atoms with E-state index in [-0.39, 0.29) is 18.2 Å². The molecule has 1 aliphatic carbocycles. The Hall–Kier alpha value is -1.58. The Kier molecular flexibility index (Phi) is 3.31. The minimum Gasteiger partial charge on any atom is -0.353 e. The molecule has 1 aromatic rings. The second-order valence-corrected chi connectivity index (χ2v) is 4.67. The highest BCUT2D eigenvalue weighted by atomic mass is 16.2. The first-order valence-corrected chi connectivity index (χ1v) is 6.04. The number of ketones is 1. The maximum absolute atomic E-state index is 12.0. The van der Waals surface area contributed by atoms with Crippen molar-refractivity contribution in [2.45, 2.75) is 32.6 Å². The molecular formula is C13H18N2O2. The van der Waals surface area contributed by atoms with Gasteiger partial charge in [-0.1, -0.05) is 0 Å². The zero-order chi connectivity index (χ0) is 12.4. The largest absolute Gasteiger partial charge is 0.353 e. The fraction of sp³-hybridized carbons (Fsp3) is 0.538. The highest BCUT2D eigenvalue weighted by Gasteiger charge is 2.21. The van der Waals surface area contributed by atoms with Gasteiger partial charge < -0.3 is 9.88 Å². The highest BCUT2D eigenvalue weighted by molar-refractivity contribution is 5.98. The first-order valence-electron chi connectivity index (χ1n) is 6.04. The van der Waals surface area contributed by atoms with Crippen LogP contribution >= 0.6 is 0 Å². The standard InChI is InChI=1S/C13H18N2O2/c1-9(16)7-14-13(17)11-8-15(2)12-6-4-3-5-10(11)12/h8H,3-7H2,1-2H3,(H,14,17). The summed E-state index contributed by atoms with van der Waals surface area (Å²) in [5, 5.41) is 2.66. The summed E-state index contributed by atoms with van der Waals surface area (Å²) in [6, 6.07) is 0. The van der Waals surface area contributed by atoms with Gasteiger partial charge in [0.05, 0.1) is 12.1 Å². The third-order valence-corrected chi connectivity index (χ3v) is 3.25. The Morgan fingerprint density at radius 1 is 1.35 bits per heavy atom. The van der Waals surface area contributed by atoms with Crippen LogP contribution in [0.15, 0.2) is 6.20 Å². The van der Waals surface area contributed by atoms with Crippen molar-refractivity contribution < 1.29 is 9.59 Å². The van der Waals surface area contributed by atoms with E-state index in [0.29, 0.717) is 0 Å². The molecule has 4 nitrogen and oxygen atoms in total. The molecular weight excluding hydrogens is 216 g/mol. The molecule has 0 aromatic carbocycles. The van der Waals surface area contributed by atoms with Crippen molar-refractivity contribution in [3.05, 3.63) is 23.0 Å². The van der Waals surface area contributed by atoms with E-state index in [9.17, 15) is 9.59 Å². The number of rotatable bonds is 3. The van der Waals surface area contributed by atoms with Crippen LogP contribution in [0.2, 0.25) is 0 Å². The molecule has 2 rings (SSSR count). The van der Waals surface area contributed by atoms with Crippen LogP contribution in [0, 0.1) is 0 Å². The smallest absolute Gasteiger partial charge is 0.253 e. The average molecular weight is 234 g/mol. The molecule has 1 N–H and O–H groups in total. The molecule has 4 heteroatoms. The van der Waals surface area contributed by atoms with Crippen molar-refractivity contribution in [1.82, 2.24) is 9.88 Å². The van der Waals surface area contributed by atoms with Crippen molar-refractivity contribution in [3.8, 4) is 0 Å². The van der Waals surface area contributed by atoms with Gasteiger partial charge in [-0.25, -0.2) is 0 Å². The molecule has 17 heavy (non-hydrogen) atoms. The number of aryl methyl sites for hydroxylation is 1. The molecule has 0 fully saturated rings. The number of hydrogen-bond acceptors (Lipinski definition) is 2. The number of hydrogen-bond donors (Lipinski definition) is 1. The lowest BCUT2D eigenvalue weighted by molar-refractivity contribution is -0.116. The molecule has 1 heterocycles. The van der Waals surface area contributed by atoms with Crippen molar-refractivity contribution in [3.63, 3.8) is 0 Å². The van der Waals surface area contributed by atoms with Crippen LogP contribution in [-0.4, -0.2) is 22.8 Å². The highest BCUT2D eigenvalue weighted by Crippen LogP contribution is 2.25. The molecule has 92 valence electrons. The van der Waals surface area contributed by atoms with Crippen LogP contribution in [0.3, 0.4) is 0 Å². The summed E-state index contributed by atoms with van der Waals surface area (Å²) in [6.45, 7) is 1.59. The van der Waals surface area contributed by atoms with E-state index in [4.69, 9.17) is 0 Å². The monoisotopic (exact) mass is 234 g/mol. The summed E-state index contributed by atoms with van der Waals surface area (Å²) in [7, 11) is 1.98. The number of fused-ring (bicyclic) bond motifs is 1. The Bertz CT molecular complexity index is 460. The molecule has 0 saturated carbocycles. The summed E-state index contributed by atoms with van der Waals surface area (Å²) in [5.41, 5.74) is 3.17. The van der Waals surface area contributed by atoms with Crippen LogP contribution in [0.5, 0.6) is 0 Å². The van der Waals surface area contributed by atoms with E-state index < -0.39 is 0 Å². The Morgan fingerprint density at radius 2 is 2.06 bits per heavy atom. The van der Waals surface area contributed by atoms with Crippen molar-refractivity contribution in [2.75, 3.05) is 6.54 Å². The predicted molar refractivity (Wildman–Crippen MR) is 65.1 cm³/mol. The van der Waals surface area contributed by atoms with Gasteiger partial charge in [-0.15, -0.1) is 0 Å². The molecule has 0 aliphatic heterocycles. The number of nitrogens with one attached hydrogen (secondary N) is 1. The van der Waals surface area contributed by atoms with E-state index in [0.717, 1.165) is 24.8 Å². The summed E-state index contributed by atoms with van der Waals surface area (Å²) < 4.78 is 2.04. The molecule has 0 atom stereocenters. The van der Waals surface area contributed by atoms with Gasteiger partial charge in [-0.05, 0) is 38.2 Å². The zero-order valence-corrected chi connectivity index (χ0v) is 10.4. The van der Waals surface area contributed by atoms with Gasteiger partial charge in [-0.2, -0.15) is 0 Å². The average Bonchev–Trinajstić information content (AvgIpc) is 2.65. The number of Topliss-reactive ketones (excluding diaryl/α,β-unsaturated/α-hetero) is 1. The molecule has 0 bridgehead atoms. The van der Waals surface area contributed by atoms with Crippen molar-refractivity contribution in [1.29, 1.82) is 0 Å². The second-order valence-electron chi connectivity index (χ2n) is 4.67. The predicted octanol–water partition coefficient (Wildman–Crippen LogP) is 1.22. The molecule has 0 saturated heterocycles. The third kappa shape index (κ3) is 2.40.